The van der Waals surface area contributed by atoms with E-state index in [1.54, 1.807) is 26.4 Å². The summed E-state index contributed by atoms with van der Waals surface area (Å²) in [4.78, 5) is 12.1. The first-order chi connectivity index (χ1) is 12.7. The van der Waals surface area contributed by atoms with Gasteiger partial charge in [0, 0.05) is 17.7 Å². The normalized spacial score (nSPS) is 15.5. The molecule has 3 rings (SSSR count). The first kappa shape index (κ1) is 17.7. The Kier molecular flexibility index (Phi) is 5.63. The average Bonchev–Trinajstić information content (AvgIpc) is 2.70. The van der Waals surface area contributed by atoms with E-state index in [9.17, 15) is 4.79 Å². The number of fused-ring (bicyclic) bond motifs is 1. The van der Waals surface area contributed by atoms with Gasteiger partial charge in [-0.2, -0.15) is 0 Å². The number of hydrogen-bond donors (Lipinski definition) is 1. The van der Waals surface area contributed by atoms with Gasteiger partial charge >= 0.3 is 0 Å². The van der Waals surface area contributed by atoms with Gasteiger partial charge in [-0.3, -0.25) is 4.79 Å². The van der Waals surface area contributed by atoms with Crippen LogP contribution < -0.4 is 24.3 Å². The van der Waals surface area contributed by atoms with E-state index in [1.165, 1.54) is 6.08 Å². The van der Waals surface area contributed by atoms with Crippen LogP contribution >= 0.6 is 0 Å². The Labute approximate surface area is 152 Å². The van der Waals surface area contributed by atoms with Gasteiger partial charge in [0.15, 0.2) is 11.5 Å². The van der Waals surface area contributed by atoms with Crippen molar-refractivity contribution in [3.8, 4) is 23.0 Å². The predicted molar refractivity (Wildman–Crippen MR) is 97.9 cm³/mol. The molecule has 6 nitrogen and oxygen atoms in total. The molecule has 1 heterocycles. The van der Waals surface area contributed by atoms with Crippen LogP contribution in [0.3, 0.4) is 0 Å². The SMILES string of the molecule is COc1ccc(/C=C/C(=O)NC[C@H]2COc3ccccc3O2)c(OC)c1. The second kappa shape index (κ2) is 8.29. The van der Waals surface area contributed by atoms with Crippen molar-refractivity contribution >= 4 is 12.0 Å². The van der Waals surface area contributed by atoms with E-state index in [-0.39, 0.29) is 12.0 Å². The summed E-state index contributed by atoms with van der Waals surface area (Å²) >= 11 is 0. The van der Waals surface area contributed by atoms with E-state index in [4.69, 9.17) is 18.9 Å². The number of amides is 1. The molecule has 0 saturated heterocycles. The smallest absolute Gasteiger partial charge is 0.244 e. The zero-order valence-electron chi connectivity index (χ0n) is 14.7. The second-order valence-corrected chi connectivity index (χ2v) is 5.68. The Morgan fingerprint density at radius 2 is 2.00 bits per heavy atom. The molecule has 2 aromatic carbocycles. The highest BCUT2D eigenvalue weighted by Crippen LogP contribution is 2.30. The van der Waals surface area contributed by atoms with E-state index in [0.717, 1.165) is 11.3 Å². The maximum atomic E-state index is 12.1. The molecular formula is C20H21NO5. The fourth-order valence-corrected chi connectivity index (χ4v) is 2.56. The first-order valence-electron chi connectivity index (χ1n) is 8.26. The fraction of sp³-hybridized carbons (Fsp3) is 0.250. The van der Waals surface area contributed by atoms with Crippen molar-refractivity contribution in [2.75, 3.05) is 27.4 Å². The molecule has 0 unspecified atom stereocenters. The number of nitrogens with one attached hydrogen (secondary N) is 1. The highest BCUT2D eigenvalue weighted by molar-refractivity contribution is 5.92. The molecule has 1 N–H and O–H groups in total. The molecule has 0 saturated carbocycles. The van der Waals surface area contributed by atoms with Gasteiger partial charge in [0.2, 0.25) is 5.91 Å². The Bertz CT molecular complexity index is 803. The molecule has 0 aromatic heterocycles. The van der Waals surface area contributed by atoms with Crippen molar-refractivity contribution in [3.63, 3.8) is 0 Å². The van der Waals surface area contributed by atoms with Crippen LogP contribution in [0.15, 0.2) is 48.5 Å². The van der Waals surface area contributed by atoms with Crippen LogP contribution in [0.2, 0.25) is 0 Å². The molecule has 1 atom stereocenters. The number of carbonyl (C=O) groups excluding carboxylic acids is 1. The Morgan fingerprint density at radius 1 is 1.19 bits per heavy atom. The van der Waals surface area contributed by atoms with E-state index in [0.29, 0.717) is 30.4 Å². The molecular weight excluding hydrogens is 334 g/mol. The first-order valence-corrected chi connectivity index (χ1v) is 8.26. The third kappa shape index (κ3) is 4.27. The molecule has 0 fully saturated rings. The monoisotopic (exact) mass is 355 g/mol. The lowest BCUT2D eigenvalue weighted by molar-refractivity contribution is -0.116. The van der Waals surface area contributed by atoms with Gasteiger partial charge in [-0.1, -0.05) is 12.1 Å². The average molecular weight is 355 g/mol. The fourth-order valence-electron chi connectivity index (χ4n) is 2.56. The van der Waals surface area contributed by atoms with E-state index >= 15 is 0 Å². The van der Waals surface area contributed by atoms with E-state index in [2.05, 4.69) is 5.32 Å². The zero-order valence-corrected chi connectivity index (χ0v) is 14.7. The number of methoxy groups -OCH3 is 2. The number of carbonyl (C=O) groups is 1. The molecule has 1 amide bonds. The van der Waals surface area contributed by atoms with Gasteiger partial charge in [-0.15, -0.1) is 0 Å². The molecule has 0 radical (unpaired) electrons. The molecule has 6 heteroatoms. The summed E-state index contributed by atoms with van der Waals surface area (Å²) in [5.41, 5.74) is 0.787. The topological polar surface area (TPSA) is 66.0 Å². The summed E-state index contributed by atoms with van der Waals surface area (Å²) < 4.78 is 21.9. The molecule has 26 heavy (non-hydrogen) atoms. The maximum absolute atomic E-state index is 12.1. The van der Waals surface area contributed by atoms with Crippen molar-refractivity contribution in [2.24, 2.45) is 0 Å². The number of benzene rings is 2. The maximum Gasteiger partial charge on any atom is 0.244 e. The molecule has 0 aliphatic carbocycles. The minimum absolute atomic E-state index is 0.217. The van der Waals surface area contributed by atoms with Crippen LogP contribution in [0, 0.1) is 0 Å². The van der Waals surface area contributed by atoms with Crippen LogP contribution in [0.4, 0.5) is 0 Å². The molecule has 1 aliphatic heterocycles. The Hall–Kier alpha value is -3.15. The lowest BCUT2D eigenvalue weighted by atomic mass is 10.1. The molecule has 2 aromatic rings. The van der Waals surface area contributed by atoms with Crippen molar-refractivity contribution in [1.82, 2.24) is 5.32 Å². The summed E-state index contributed by atoms with van der Waals surface area (Å²) in [7, 11) is 3.16. The predicted octanol–water partition coefficient (Wildman–Crippen LogP) is 2.67. The second-order valence-electron chi connectivity index (χ2n) is 5.68. The Morgan fingerprint density at radius 3 is 2.77 bits per heavy atom. The van der Waals surface area contributed by atoms with Crippen LogP contribution in [-0.2, 0) is 4.79 Å². The quantitative estimate of drug-likeness (QED) is 0.807. The van der Waals surface area contributed by atoms with Gasteiger partial charge < -0.3 is 24.3 Å². The van der Waals surface area contributed by atoms with Crippen LogP contribution in [-0.4, -0.2) is 39.4 Å². The Balaban J connectivity index is 1.54. The van der Waals surface area contributed by atoms with Crippen LogP contribution in [0.1, 0.15) is 5.56 Å². The number of ether oxygens (including phenoxy) is 4. The van der Waals surface area contributed by atoms with Crippen molar-refractivity contribution < 1.29 is 23.7 Å². The van der Waals surface area contributed by atoms with Crippen molar-refractivity contribution in [3.05, 3.63) is 54.1 Å². The minimum Gasteiger partial charge on any atom is -0.497 e. The number of rotatable bonds is 6. The van der Waals surface area contributed by atoms with E-state index in [1.807, 2.05) is 36.4 Å². The zero-order chi connectivity index (χ0) is 18.4. The summed E-state index contributed by atoms with van der Waals surface area (Å²) in [6, 6.07) is 12.9. The van der Waals surface area contributed by atoms with Crippen molar-refractivity contribution in [1.29, 1.82) is 0 Å². The third-order valence-corrected chi connectivity index (χ3v) is 3.93. The summed E-state index contributed by atoms with van der Waals surface area (Å²) in [5.74, 6) is 2.52. The van der Waals surface area contributed by atoms with Gasteiger partial charge in [-0.25, -0.2) is 0 Å². The molecule has 136 valence electrons. The van der Waals surface area contributed by atoms with Gasteiger partial charge in [0.05, 0.1) is 20.8 Å². The minimum atomic E-state index is -0.224. The van der Waals surface area contributed by atoms with Gasteiger partial charge in [0.25, 0.3) is 0 Å². The molecule has 1 aliphatic rings. The van der Waals surface area contributed by atoms with Crippen molar-refractivity contribution in [2.45, 2.75) is 6.10 Å². The third-order valence-electron chi connectivity index (χ3n) is 3.93. The largest absolute Gasteiger partial charge is 0.497 e. The highest BCUT2D eigenvalue weighted by Gasteiger charge is 2.20. The van der Waals surface area contributed by atoms with Crippen LogP contribution in [0.25, 0.3) is 6.08 Å². The summed E-state index contributed by atoms with van der Waals surface area (Å²) in [5, 5.41) is 2.82. The highest BCUT2D eigenvalue weighted by atomic mass is 16.6. The van der Waals surface area contributed by atoms with E-state index < -0.39 is 0 Å². The lowest BCUT2D eigenvalue weighted by Gasteiger charge is -2.26. The molecule has 0 bridgehead atoms. The number of hydrogen-bond acceptors (Lipinski definition) is 5. The summed E-state index contributed by atoms with van der Waals surface area (Å²) in [6.07, 6.45) is 2.93. The standard InChI is InChI=1S/C20H21NO5/c1-23-15-9-7-14(19(11-15)24-2)8-10-20(22)21-12-16-13-25-17-5-3-4-6-18(17)26-16/h3-11,16H,12-13H2,1-2H3,(H,21,22)/b10-8+/t16-/m0/s1. The summed E-state index contributed by atoms with van der Waals surface area (Å²) in [6.45, 7) is 0.755. The molecule has 0 spiro atoms. The van der Waals surface area contributed by atoms with Gasteiger partial charge in [0.1, 0.15) is 24.2 Å². The van der Waals surface area contributed by atoms with Crippen LogP contribution in [0.5, 0.6) is 23.0 Å². The van der Waals surface area contributed by atoms with Gasteiger partial charge in [-0.05, 0) is 30.3 Å². The lowest BCUT2D eigenvalue weighted by Crippen LogP contribution is -2.40. The number of para-hydroxylation sites is 2.